The quantitative estimate of drug-likeness (QED) is 0.642. The summed E-state index contributed by atoms with van der Waals surface area (Å²) >= 11 is 0. The van der Waals surface area contributed by atoms with Crippen molar-refractivity contribution in [3.05, 3.63) is 0 Å². The molecule has 1 aliphatic carbocycles. The Morgan fingerprint density at radius 3 is 1.71 bits per heavy atom. The lowest BCUT2D eigenvalue weighted by molar-refractivity contribution is 0.0807. The number of piperidine rings is 1. The van der Waals surface area contributed by atoms with Crippen molar-refractivity contribution in [2.24, 2.45) is 28.6 Å². The molecule has 0 aromatic rings. The van der Waals surface area contributed by atoms with Crippen molar-refractivity contribution in [1.29, 1.82) is 0 Å². The van der Waals surface area contributed by atoms with Gasteiger partial charge in [-0.15, -0.1) is 0 Å². The lowest BCUT2D eigenvalue weighted by Crippen LogP contribution is -2.41. The highest BCUT2D eigenvalue weighted by atomic mass is 15.1. The molecule has 0 amide bonds. The van der Waals surface area contributed by atoms with Crippen LogP contribution in [0.2, 0.25) is 0 Å². The van der Waals surface area contributed by atoms with Crippen LogP contribution in [0.1, 0.15) is 90.9 Å². The zero-order valence-corrected chi connectivity index (χ0v) is 14.7. The molecule has 0 N–H and O–H groups in total. The summed E-state index contributed by atoms with van der Waals surface area (Å²) < 4.78 is 68.7. The van der Waals surface area contributed by atoms with E-state index in [-0.39, 0.29) is 17.9 Å². The van der Waals surface area contributed by atoms with Crippen molar-refractivity contribution in [1.82, 2.24) is 4.90 Å². The van der Waals surface area contributed by atoms with Crippen molar-refractivity contribution in [3.63, 3.8) is 0 Å². The van der Waals surface area contributed by atoms with Crippen molar-refractivity contribution in [2.45, 2.75) is 80.0 Å². The van der Waals surface area contributed by atoms with Crippen LogP contribution in [0.4, 0.5) is 0 Å². The summed E-state index contributed by atoms with van der Waals surface area (Å²) in [6.45, 7) is 6.43. The van der Waals surface area contributed by atoms with Crippen LogP contribution in [-0.2, 0) is 0 Å². The lowest BCUT2D eigenvalue weighted by Gasteiger charge is -2.42. The van der Waals surface area contributed by atoms with Gasteiger partial charge in [0.2, 0.25) is 0 Å². The van der Waals surface area contributed by atoms with Crippen molar-refractivity contribution >= 4 is 0 Å². The molecular formula is C20H39N. The van der Waals surface area contributed by atoms with E-state index in [4.69, 9.17) is 11.0 Å². The first-order valence-electron chi connectivity index (χ1n) is 12.5. The maximum absolute atomic E-state index is 8.60. The van der Waals surface area contributed by atoms with Crippen LogP contribution in [0.3, 0.4) is 0 Å². The summed E-state index contributed by atoms with van der Waals surface area (Å²) in [4.78, 5) is 0.865. The van der Waals surface area contributed by atoms with Crippen LogP contribution in [0, 0.1) is 28.6 Å². The minimum atomic E-state index is -2.61. The van der Waals surface area contributed by atoms with Crippen LogP contribution < -0.4 is 0 Å². The molecule has 0 radical (unpaired) electrons. The number of hydrogen-bond acceptors (Lipinski definition) is 1. The molecule has 0 unspecified atom stereocenters. The molecule has 1 heteroatoms. The topological polar surface area (TPSA) is 3.24 Å². The Labute approximate surface area is 145 Å². The smallest absolute Gasteiger partial charge is 0.0431 e. The summed E-state index contributed by atoms with van der Waals surface area (Å²) in [6, 6.07) is 0. The summed E-state index contributed by atoms with van der Waals surface area (Å²) in [6.07, 6.45) is -1.44. The molecule has 2 rings (SSSR count). The van der Waals surface area contributed by atoms with Gasteiger partial charge in [0.15, 0.2) is 0 Å². The van der Waals surface area contributed by atoms with Crippen LogP contribution in [-0.4, -0.2) is 24.4 Å². The Bertz CT molecular complexity index is 567. The van der Waals surface area contributed by atoms with Crippen molar-refractivity contribution < 1.29 is 11.0 Å². The fraction of sp³-hybridized carbons (Fsp3) is 1.00. The Morgan fingerprint density at radius 2 is 1.29 bits per heavy atom. The fourth-order valence-electron chi connectivity index (χ4n) is 3.34. The number of rotatable bonds is 2. The standard InChI is InChI=1S/C20H39N/c1-19(2,3)17-9-7-16(8-10-17)15-21-13-11-18(12-14-21)20(4,5)6/h16-18H,7-15H2,1-6H3/i11D2,12D2,13D2,14D2. The molecule has 1 saturated carbocycles. The predicted molar refractivity (Wildman–Crippen MR) is 93.5 cm³/mol. The minimum Gasteiger partial charge on any atom is -0.303 e. The molecule has 1 heterocycles. The molecule has 2 aliphatic rings. The summed E-state index contributed by atoms with van der Waals surface area (Å²) in [5, 5.41) is 0. The van der Waals surface area contributed by atoms with Gasteiger partial charge in [-0.1, -0.05) is 41.5 Å². The second-order valence-corrected chi connectivity index (χ2v) is 9.01. The van der Waals surface area contributed by atoms with Gasteiger partial charge in [-0.2, -0.15) is 0 Å². The van der Waals surface area contributed by atoms with Crippen LogP contribution in [0.15, 0.2) is 0 Å². The molecule has 0 aromatic carbocycles. The number of nitrogens with zero attached hydrogens (tertiary/aromatic N) is 1. The highest BCUT2D eigenvalue weighted by molar-refractivity contribution is 4.84. The Kier molecular flexibility index (Phi) is 2.93. The van der Waals surface area contributed by atoms with Gasteiger partial charge < -0.3 is 4.90 Å². The number of likely N-dealkylation sites (tertiary alicyclic amines) is 1. The Hall–Kier alpha value is -0.0400. The van der Waals surface area contributed by atoms with E-state index in [1.165, 1.54) is 0 Å². The van der Waals surface area contributed by atoms with Crippen molar-refractivity contribution in [2.75, 3.05) is 19.5 Å². The Balaban J connectivity index is 2.36. The van der Waals surface area contributed by atoms with E-state index < -0.39 is 37.1 Å². The van der Waals surface area contributed by atoms with Gasteiger partial charge in [0.25, 0.3) is 0 Å². The second-order valence-electron chi connectivity index (χ2n) is 9.01. The van der Waals surface area contributed by atoms with Crippen LogP contribution in [0.5, 0.6) is 0 Å². The van der Waals surface area contributed by atoms with E-state index in [2.05, 4.69) is 20.8 Å². The van der Waals surface area contributed by atoms with Crippen LogP contribution >= 0.6 is 0 Å². The van der Waals surface area contributed by atoms with E-state index >= 15 is 0 Å². The third kappa shape index (κ3) is 4.98. The second kappa shape index (κ2) is 6.60. The van der Waals surface area contributed by atoms with Gasteiger partial charge in [0.05, 0.1) is 0 Å². The van der Waals surface area contributed by atoms with Crippen molar-refractivity contribution in [3.8, 4) is 0 Å². The average molecular weight is 302 g/mol. The summed E-state index contributed by atoms with van der Waals surface area (Å²) in [7, 11) is 0. The van der Waals surface area contributed by atoms with Gasteiger partial charge in [0, 0.05) is 17.5 Å². The number of hydrogen-bond donors (Lipinski definition) is 0. The molecule has 0 atom stereocenters. The highest BCUT2D eigenvalue weighted by Gasteiger charge is 2.32. The molecule has 1 nitrogen and oxygen atoms in total. The Morgan fingerprint density at radius 1 is 0.810 bits per heavy atom. The van der Waals surface area contributed by atoms with E-state index in [1.807, 2.05) is 0 Å². The minimum absolute atomic E-state index is 0.0345. The monoisotopic (exact) mass is 301 g/mol. The maximum atomic E-state index is 8.60. The normalized spacial score (nSPS) is 45.8. The van der Waals surface area contributed by atoms with Crippen LogP contribution in [0.25, 0.3) is 0 Å². The predicted octanol–water partition coefficient (Wildman–Crippen LogP) is 5.60. The molecule has 0 spiro atoms. The maximum Gasteiger partial charge on any atom is 0.0431 e. The molecule has 21 heavy (non-hydrogen) atoms. The third-order valence-electron chi connectivity index (χ3n) is 5.07. The molecule has 0 aromatic heterocycles. The van der Waals surface area contributed by atoms with E-state index in [0.717, 1.165) is 30.6 Å². The van der Waals surface area contributed by atoms with Gasteiger partial charge in [-0.3, -0.25) is 0 Å². The van der Waals surface area contributed by atoms with Gasteiger partial charge >= 0.3 is 0 Å². The average Bonchev–Trinajstić information content (AvgIpc) is 2.48. The first kappa shape index (κ1) is 9.30. The van der Waals surface area contributed by atoms with E-state index in [0.29, 0.717) is 5.92 Å². The zero-order valence-electron chi connectivity index (χ0n) is 22.7. The lowest BCUT2D eigenvalue weighted by atomic mass is 9.69. The largest absolute Gasteiger partial charge is 0.303 e. The van der Waals surface area contributed by atoms with Gasteiger partial charge in [-0.05, 0) is 80.0 Å². The highest BCUT2D eigenvalue weighted by Crippen LogP contribution is 2.40. The molecule has 1 saturated heterocycles. The third-order valence-corrected chi connectivity index (χ3v) is 5.07. The fourth-order valence-corrected chi connectivity index (χ4v) is 3.34. The van der Waals surface area contributed by atoms with Gasteiger partial charge in [0.1, 0.15) is 0 Å². The summed E-state index contributed by atoms with van der Waals surface area (Å²) in [5.74, 6) is -0.825. The van der Waals surface area contributed by atoms with Gasteiger partial charge in [-0.25, -0.2) is 0 Å². The molecular weight excluding hydrogens is 254 g/mol. The molecule has 124 valence electrons. The summed E-state index contributed by atoms with van der Waals surface area (Å²) in [5.41, 5.74) is -0.737. The molecule has 0 bridgehead atoms. The SMILES string of the molecule is [2H]C1([2H])C(C(C)(C)C)C([2H])([2H])C([2H])([2H])N(CC2CCC(C(C)(C)C)CC2)C1([2H])[2H]. The first-order chi connectivity index (χ1) is 12.7. The zero-order chi connectivity index (χ0) is 22.8. The first-order valence-corrected chi connectivity index (χ1v) is 8.46. The molecule has 1 aliphatic heterocycles. The van der Waals surface area contributed by atoms with E-state index in [9.17, 15) is 0 Å². The molecule has 2 fully saturated rings. The van der Waals surface area contributed by atoms with E-state index in [1.54, 1.807) is 20.8 Å².